The van der Waals surface area contributed by atoms with Crippen molar-refractivity contribution < 1.29 is 4.74 Å². The van der Waals surface area contributed by atoms with Crippen LogP contribution in [0, 0.1) is 6.92 Å². The number of nitrogens with one attached hydrogen (secondary N) is 1. The van der Waals surface area contributed by atoms with E-state index < -0.39 is 0 Å². The van der Waals surface area contributed by atoms with Crippen LogP contribution in [0.4, 0.5) is 0 Å². The first-order chi connectivity index (χ1) is 7.31. The van der Waals surface area contributed by atoms with Crippen LogP contribution in [0.2, 0.25) is 0 Å². The first-order valence-corrected chi connectivity index (χ1v) is 6.54. The maximum Gasteiger partial charge on any atom is 0.0960 e. The Morgan fingerprint density at radius 1 is 1.60 bits per heavy atom. The molecule has 3 heteroatoms. The Morgan fingerprint density at radius 2 is 2.47 bits per heavy atom. The molecule has 0 aromatic carbocycles. The van der Waals surface area contributed by atoms with Crippen LogP contribution in [0.25, 0.3) is 0 Å². The summed E-state index contributed by atoms with van der Waals surface area (Å²) < 4.78 is 5.81. The molecule has 15 heavy (non-hydrogen) atoms. The Bertz CT molecular complexity index is 321. The van der Waals surface area contributed by atoms with E-state index in [4.69, 9.17) is 4.74 Å². The van der Waals surface area contributed by atoms with Gasteiger partial charge in [0, 0.05) is 22.7 Å². The lowest BCUT2D eigenvalue weighted by molar-refractivity contribution is 0.0439. The molecule has 0 saturated carbocycles. The third-order valence-corrected chi connectivity index (χ3v) is 3.84. The largest absolute Gasteiger partial charge is 0.372 e. The van der Waals surface area contributed by atoms with E-state index in [-0.39, 0.29) is 6.10 Å². The van der Waals surface area contributed by atoms with Crippen molar-refractivity contribution in [2.45, 2.75) is 32.8 Å². The van der Waals surface area contributed by atoms with Gasteiger partial charge in [0.05, 0.1) is 12.7 Å². The van der Waals surface area contributed by atoms with Crippen LogP contribution in [-0.4, -0.2) is 19.7 Å². The van der Waals surface area contributed by atoms with Crippen LogP contribution in [0.5, 0.6) is 0 Å². The van der Waals surface area contributed by atoms with Gasteiger partial charge in [0.25, 0.3) is 0 Å². The minimum Gasteiger partial charge on any atom is -0.372 e. The topological polar surface area (TPSA) is 21.3 Å². The molecule has 0 unspecified atom stereocenters. The minimum atomic E-state index is 0.283. The Hall–Kier alpha value is -0.380. The lowest BCUT2D eigenvalue weighted by atomic mass is 10.1. The molecule has 0 aliphatic carbocycles. The lowest BCUT2D eigenvalue weighted by Gasteiger charge is -2.23. The number of fused-ring (bicyclic) bond motifs is 1. The summed E-state index contributed by atoms with van der Waals surface area (Å²) >= 11 is 1.93. The maximum absolute atomic E-state index is 5.81. The first kappa shape index (κ1) is 11.1. The molecular weight excluding hydrogens is 206 g/mol. The molecule has 2 nitrogen and oxygen atoms in total. The van der Waals surface area contributed by atoms with E-state index in [9.17, 15) is 0 Å². The Labute approximate surface area is 95.6 Å². The van der Waals surface area contributed by atoms with E-state index in [2.05, 4.69) is 25.2 Å². The van der Waals surface area contributed by atoms with Gasteiger partial charge in [0.15, 0.2) is 0 Å². The second kappa shape index (κ2) is 5.10. The van der Waals surface area contributed by atoms with Crippen molar-refractivity contribution in [2.24, 2.45) is 0 Å². The summed E-state index contributed by atoms with van der Waals surface area (Å²) in [5.41, 5.74) is 1.42. The van der Waals surface area contributed by atoms with Gasteiger partial charge in [0.2, 0.25) is 0 Å². The van der Waals surface area contributed by atoms with Gasteiger partial charge in [-0.25, -0.2) is 0 Å². The maximum atomic E-state index is 5.81. The van der Waals surface area contributed by atoms with E-state index in [1.165, 1.54) is 21.7 Å². The van der Waals surface area contributed by atoms with Crippen molar-refractivity contribution in [1.29, 1.82) is 0 Å². The molecule has 1 atom stereocenters. The fourth-order valence-electron chi connectivity index (χ4n) is 2.01. The molecule has 1 aliphatic heterocycles. The van der Waals surface area contributed by atoms with Crippen molar-refractivity contribution in [1.82, 2.24) is 5.32 Å². The molecular formula is C12H19NOS. The van der Waals surface area contributed by atoms with Crippen molar-refractivity contribution >= 4 is 11.3 Å². The summed E-state index contributed by atoms with van der Waals surface area (Å²) in [4.78, 5) is 2.94. The number of aryl methyl sites for hydroxylation is 1. The van der Waals surface area contributed by atoms with Crippen molar-refractivity contribution in [3.8, 4) is 0 Å². The van der Waals surface area contributed by atoms with Gasteiger partial charge in [-0.2, -0.15) is 0 Å². The smallest absolute Gasteiger partial charge is 0.0960 e. The fourth-order valence-corrected chi connectivity index (χ4v) is 3.08. The summed E-state index contributed by atoms with van der Waals surface area (Å²) in [6.45, 7) is 7.29. The molecule has 1 N–H and O–H groups in total. The molecule has 0 spiro atoms. The minimum absolute atomic E-state index is 0.283. The second-order valence-corrected chi connectivity index (χ2v) is 5.39. The summed E-state index contributed by atoms with van der Waals surface area (Å²) in [7, 11) is 0. The van der Waals surface area contributed by atoms with Crippen LogP contribution in [0.15, 0.2) is 6.07 Å². The SMILES string of the molecule is CCCNC[C@@H]1OCCc2sc(C)cc21. The standard InChI is InChI=1S/C12H19NOS/c1-3-5-13-8-11-10-7-9(2)15-12(10)4-6-14-11/h7,11,13H,3-6,8H2,1-2H3/t11-/m0/s1. The molecule has 2 rings (SSSR count). The van der Waals surface area contributed by atoms with E-state index in [1.807, 2.05) is 11.3 Å². The molecule has 0 radical (unpaired) electrons. The zero-order valence-corrected chi connectivity index (χ0v) is 10.3. The predicted octanol–water partition coefficient (Wildman–Crippen LogP) is 2.67. The van der Waals surface area contributed by atoms with Crippen LogP contribution in [0.1, 0.15) is 34.8 Å². The highest BCUT2D eigenvalue weighted by atomic mass is 32.1. The summed E-state index contributed by atoms with van der Waals surface area (Å²) in [6, 6.07) is 2.29. The molecule has 2 heterocycles. The lowest BCUT2D eigenvalue weighted by Crippen LogP contribution is -2.27. The van der Waals surface area contributed by atoms with Gasteiger partial charge >= 0.3 is 0 Å². The van der Waals surface area contributed by atoms with E-state index in [1.54, 1.807) is 0 Å². The van der Waals surface area contributed by atoms with Crippen LogP contribution in [0.3, 0.4) is 0 Å². The first-order valence-electron chi connectivity index (χ1n) is 5.72. The van der Waals surface area contributed by atoms with Crippen molar-refractivity contribution in [3.63, 3.8) is 0 Å². The highest BCUT2D eigenvalue weighted by molar-refractivity contribution is 7.12. The van der Waals surface area contributed by atoms with Gasteiger partial charge in [-0.3, -0.25) is 0 Å². The molecule has 1 aromatic rings. The number of ether oxygens (including phenoxy) is 1. The van der Waals surface area contributed by atoms with Gasteiger partial charge in [0.1, 0.15) is 0 Å². The summed E-state index contributed by atoms with van der Waals surface area (Å²) in [5, 5.41) is 3.43. The van der Waals surface area contributed by atoms with Crippen LogP contribution < -0.4 is 5.32 Å². The molecule has 1 aromatic heterocycles. The predicted molar refractivity (Wildman–Crippen MR) is 64.6 cm³/mol. The number of thiophene rings is 1. The number of hydrogen-bond donors (Lipinski definition) is 1. The highest BCUT2D eigenvalue weighted by Crippen LogP contribution is 2.32. The molecule has 0 bridgehead atoms. The van der Waals surface area contributed by atoms with Crippen molar-refractivity contribution in [3.05, 3.63) is 21.4 Å². The van der Waals surface area contributed by atoms with Crippen molar-refractivity contribution in [2.75, 3.05) is 19.7 Å². The van der Waals surface area contributed by atoms with Gasteiger partial charge in [-0.05, 0) is 31.5 Å². The fraction of sp³-hybridized carbons (Fsp3) is 0.667. The number of rotatable bonds is 4. The van der Waals surface area contributed by atoms with Gasteiger partial charge < -0.3 is 10.1 Å². The highest BCUT2D eigenvalue weighted by Gasteiger charge is 2.22. The van der Waals surface area contributed by atoms with Crippen LogP contribution in [-0.2, 0) is 11.2 Å². The third kappa shape index (κ3) is 2.60. The normalized spacial score (nSPS) is 20.3. The zero-order valence-electron chi connectivity index (χ0n) is 9.51. The quantitative estimate of drug-likeness (QED) is 0.795. The molecule has 84 valence electrons. The Morgan fingerprint density at radius 3 is 3.27 bits per heavy atom. The van der Waals surface area contributed by atoms with Gasteiger partial charge in [-0.1, -0.05) is 6.92 Å². The molecule has 0 saturated heterocycles. The van der Waals surface area contributed by atoms with Crippen LogP contribution >= 0.6 is 11.3 Å². The third-order valence-electron chi connectivity index (χ3n) is 2.72. The summed E-state index contributed by atoms with van der Waals surface area (Å²) in [5.74, 6) is 0. The average molecular weight is 225 g/mol. The average Bonchev–Trinajstić information content (AvgIpc) is 2.59. The Balaban J connectivity index is 2.01. The molecule has 1 aliphatic rings. The molecule has 0 fully saturated rings. The number of hydrogen-bond acceptors (Lipinski definition) is 3. The Kier molecular flexibility index (Phi) is 3.78. The van der Waals surface area contributed by atoms with E-state index in [0.717, 1.165) is 26.1 Å². The van der Waals surface area contributed by atoms with Gasteiger partial charge in [-0.15, -0.1) is 11.3 Å². The zero-order chi connectivity index (χ0) is 10.7. The monoisotopic (exact) mass is 225 g/mol. The molecule has 0 amide bonds. The second-order valence-electron chi connectivity index (χ2n) is 4.05. The van der Waals surface area contributed by atoms with E-state index >= 15 is 0 Å². The van der Waals surface area contributed by atoms with E-state index in [0.29, 0.717) is 0 Å². The summed E-state index contributed by atoms with van der Waals surface area (Å²) in [6.07, 6.45) is 2.56.